The summed E-state index contributed by atoms with van der Waals surface area (Å²) in [5.41, 5.74) is 2.80. The van der Waals surface area contributed by atoms with Gasteiger partial charge < -0.3 is 5.32 Å². The molecule has 1 N–H and O–H groups in total. The van der Waals surface area contributed by atoms with Crippen LogP contribution in [0.4, 0.5) is 0 Å². The molecular weight excluding hydrogens is 296 g/mol. The van der Waals surface area contributed by atoms with Crippen molar-refractivity contribution < 1.29 is 8.42 Å². The molecule has 2 bridgehead atoms. The van der Waals surface area contributed by atoms with Gasteiger partial charge in [-0.3, -0.25) is 0 Å². The van der Waals surface area contributed by atoms with Crippen molar-refractivity contribution in [3.8, 4) is 0 Å². The van der Waals surface area contributed by atoms with Gasteiger partial charge in [0.05, 0.1) is 4.90 Å². The van der Waals surface area contributed by atoms with Gasteiger partial charge in [-0.25, -0.2) is 8.42 Å². The van der Waals surface area contributed by atoms with Crippen LogP contribution in [0.15, 0.2) is 17.0 Å². The molecule has 5 heteroatoms. The summed E-state index contributed by atoms with van der Waals surface area (Å²) < 4.78 is 27.9. The van der Waals surface area contributed by atoms with E-state index in [9.17, 15) is 8.42 Å². The zero-order valence-corrected chi connectivity index (χ0v) is 14.7. The van der Waals surface area contributed by atoms with E-state index in [0.717, 1.165) is 29.5 Å². The number of rotatable bonds is 3. The molecule has 22 heavy (non-hydrogen) atoms. The van der Waals surface area contributed by atoms with Crippen LogP contribution in [0.3, 0.4) is 0 Å². The number of nitrogens with one attached hydrogen (secondary N) is 1. The summed E-state index contributed by atoms with van der Waals surface area (Å²) in [5, 5.41) is 3.58. The topological polar surface area (TPSA) is 49.4 Å². The fourth-order valence-electron chi connectivity index (χ4n) is 4.24. The second kappa shape index (κ2) is 5.62. The Labute approximate surface area is 134 Å². The third-order valence-corrected chi connectivity index (χ3v) is 7.42. The lowest BCUT2D eigenvalue weighted by Gasteiger charge is -2.35. The van der Waals surface area contributed by atoms with Crippen LogP contribution in [0.1, 0.15) is 42.4 Å². The summed E-state index contributed by atoms with van der Waals surface area (Å²) >= 11 is 0. The largest absolute Gasteiger partial charge is 0.311 e. The molecule has 0 amide bonds. The number of nitrogens with zero attached hydrogens (tertiary/aromatic N) is 1. The Morgan fingerprint density at radius 1 is 1.05 bits per heavy atom. The Kier molecular flexibility index (Phi) is 4.08. The van der Waals surface area contributed by atoms with E-state index in [2.05, 4.69) is 5.32 Å². The van der Waals surface area contributed by atoms with Crippen LogP contribution in [0.25, 0.3) is 0 Å². The van der Waals surface area contributed by atoms with Crippen LogP contribution < -0.4 is 5.32 Å². The minimum Gasteiger partial charge on any atom is -0.311 e. The Morgan fingerprint density at radius 2 is 1.55 bits per heavy atom. The summed E-state index contributed by atoms with van der Waals surface area (Å²) in [6, 6.07) is 5.01. The average Bonchev–Trinajstić information content (AvgIpc) is 2.75. The van der Waals surface area contributed by atoms with Crippen LogP contribution in [-0.4, -0.2) is 37.9 Å². The number of piperidine rings is 1. The maximum absolute atomic E-state index is 13.1. The van der Waals surface area contributed by atoms with E-state index in [4.69, 9.17) is 0 Å². The first-order valence-electron chi connectivity index (χ1n) is 8.11. The average molecular weight is 322 g/mol. The standard InChI is InChI=1S/C17H26N2O2S/c1-11-7-12(2)17(13(3)8-11)22(20,21)19(4)16-9-14-5-6-15(10-16)18-14/h7-8,14-16,18H,5-6,9-10H2,1-4H3. The molecule has 3 rings (SSSR count). The highest BCUT2D eigenvalue weighted by molar-refractivity contribution is 7.89. The summed E-state index contributed by atoms with van der Waals surface area (Å²) in [6.07, 6.45) is 4.21. The number of fused-ring (bicyclic) bond motifs is 2. The number of hydrogen-bond acceptors (Lipinski definition) is 3. The van der Waals surface area contributed by atoms with Gasteiger partial charge in [0.15, 0.2) is 0 Å². The molecule has 2 aliphatic heterocycles. The normalized spacial score (nSPS) is 28.3. The van der Waals surface area contributed by atoms with Crippen LogP contribution in [0.2, 0.25) is 0 Å². The summed E-state index contributed by atoms with van der Waals surface area (Å²) in [7, 11) is -1.68. The predicted octanol–water partition coefficient (Wildman–Crippen LogP) is 2.52. The molecule has 0 aromatic heterocycles. The fraction of sp³-hybridized carbons (Fsp3) is 0.647. The summed E-state index contributed by atoms with van der Waals surface area (Å²) in [6.45, 7) is 5.80. The number of hydrogen-bond donors (Lipinski definition) is 1. The van der Waals surface area contributed by atoms with E-state index in [1.807, 2.05) is 32.9 Å². The molecule has 1 aromatic rings. The molecule has 2 heterocycles. The molecule has 2 atom stereocenters. The Morgan fingerprint density at radius 3 is 2.05 bits per heavy atom. The lowest BCUT2D eigenvalue weighted by atomic mass is 10.0. The maximum atomic E-state index is 13.1. The third-order valence-electron chi connectivity index (χ3n) is 5.20. The van der Waals surface area contributed by atoms with Gasteiger partial charge in [-0.05, 0) is 57.6 Å². The van der Waals surface area contributed by atoms with Crippen LogP contribution in [0, 0.1) is 20.8 Å². The second-order valence-electron chi connectivity index (χ2n) is 7.01. The molecule has 0 radical (unpaired) electrons. The van der Waals surface area contributed by atoms with E-state index in [1.54, 1.807) is 11.4 Å². The monoisotopic (exact) mass is 322 g/mol. The van der Waals surface area contributed by atoms with E-state index in [1.165, 1.54) is 12.8 Å². The van der Waals surface area contributed by atoms with E-state index >= 15 is 0 Å². The van der Waals surface area contributed by atoms with Gasteiger partial charge in [-0.15, -0.1) is 0 Å². The van der Waals surface area contributed by atoms with Gasteiger partial charge in [0.1, 0.15) is 0 Å². The minimum atomic E-state index is -3.43. The van der Waals surface area contributed by atoms with E-state index < -0.39 is 10.0 Å². The molecule has 0 aliphatic carbocycles. The second-order valence-corrected chi connectivity index (χ2v) is 8.95. The maximum Gasteiger partial charge on any atom is 0.243 e. The van der Waals surface area contributed by atoms with Crippen molar-refractivity contribution in [1.29, 1.82) is 0 Å². The Balaban J connectivity index is 1.93. The first-order valence-corrected chi connectivity index (χ1v) is 9.55. The fourth-order valence-corrected chi connectivity index (χ4v) is 6.02. The number of aryl methyl sites for hydroxylation is 3. The van der Waals surface area contributed by atoms with Crippen LogP contribution in [-0.2, 0) is 10.0 Å². The van der Waals surface area contributed by atoms with Crippen LogP contribution >= 0.6 is 0 Å². The highest BCUT2D eigenvalue weighted by atomic mass is 32.2. The zero-order valence-electron chi connectivity index (χ0n) is 13.9. The van der Waals surface area contributed by atoms with Crippen molar-refractivity contribution in [1.82, 2.24) is 9.62 Å². The number of sulfonamides is 1. The van der Waals surface area contributed by atoms with Gasteiger partial charge in [-0.1, -0.05) is 17.7 Å². The van der Waals surface area contributed by atoms with Crippen molar-refractivity contribution in [2.24, 2.45) is 0 Å². The molecule has 0 spiro atoms. The molecule has 1 aromatic carbocycles. The van der Waals surface area contributed by atoms with Crippen LogP contribution in [0.5, 0.6) is 0 Å². The van der Waals surface area contributed by atoms with Gasteiger partial charge in [0.2, 0.25) is 10.0 Å². The molecule has 2 fully saturated rings. The highest BCUT2D eigenvalue weighted by Crippen LogP contribution is 2.33. The Hall–Kier alpha value is -0.910. The summed E-state index contributed by atoms with van der Waals surface area (Å²) in [4.78, 5) is 0.492. The molecule has 2 saturated heterocycles. The lowest BCUT2D eigenvalue weighted by Crippen LogP contribution is -2.48. The Bertz CT molecular complexity index is 649. The van der Waals surface area contributed by atoms with Gasteiger partial charge >= 0.3 is 0 Å². The van der Waals surface area contributed by atoms with Gasteiger partial charge in [0.25, 0.3) is 0 Å². The lowest BCUT2D eigenvalue weighted by molar-refractivity contribution is 0.251. The first-order chi connectivity index (χ1) is 10.3. The quantitative estimate of drug-likeness (QED) is 0.930. The molecule has 2 unspecified atom stereocenters. The van der Waals surface area contributed by atoms with E-state index in [-0.39, 0.29) is 6.04 Å². The SMILES string of the molecule is Cc1cc(C)c(S(=O)(=O)N(C)C2CC3CCC(C2)N3)c(C)c1. The minimum absolute atomic E-state index is 0.115. The number of benzene rings is 1. The zero-order chi connectivity index (χ0) is 16.1. The summed E-state index contributed by atoms with van der Waals surface area (Å²) in [5.74, 6) is 0. The molecule has 2 aliphatic rings. The smallest absolute Gasteiger partial charge is 0.243 e. The van der Waals surface area contributed by atoms with Crippen molar-refractivity contribution >= 4 is 10.0 Å². The predicted molar refractivity (Wildman–Crippen MR) is 88.6 cm³/mol. The van der Waals surface area contributed by atoms with Crippen molar-refractivity contribution in [3.05, 3.63) is 28.8 Å². The molecular formula is C17H26N2O2S. The van der Waals surface area contributed by atoms with Gasteiger partial charge in [0, 0.05) is 25.2 Å². The highest BCUT2D eigenvalue weighted by Gasteiger charge is 2.39. The van der Waals surface area contributed by atoms with Crippen molar-refractivity contribution in [2.45, 2.75) is 69.5 Å². The first kappa shape index (κ1) is 16.0. The molecule has 122 valence electrons. The molecule has 4 nitrogen and oxygen atoms in total. The van der Waals surface area contributed by atoms with Gasteiger partial charge in [-0.2, -0.15) is 4.31 Å². The molecule has 0 saturated carbocycles. The van der Waals surface area contributed by atoms with E-state index in [0.29, 0.717) is 17.0 Å². The van der Waals surface area contributed by atoms with Crippen molar-refractivity contribution in [2.75, 3.05) is 7.05 Å². The third kappa shape index (κ3) is 2.70. The van der Waals surface area contributed by atoms with Crippen molar-refractivity contribution in [3.63, 3.8) is 0 Å².